The number of ether oxygens (including phenoxy) is 1. The summed E-state index contributed by atoms with van der Waals surface area (Å²) in [6.07, 6.45) is 8.33. The van der Waals surface area contributed by atoms with E-state index in [0.717, 1.165) is 45.2 Å². The highest BCUT2D eigenvalue weighted by Gasteiger charge is 2.19. The van der Waals surface area contributed by atoms with E-state index in [1.54, 1.807) is 5.06 Å². The average Bonchev–Trinajstić information content (AvgIpc) is 2.85. The summed E-state index contributed by atoms with van der Waals surface area (Å²) in [7, 11) is 0. The molecule has 1 rings (SSSR count). The Bertz CT molecular complexity index is 227. The number of hydrogen-bond donors (Lipinski definition) is 0. The fourth-order valence-corrected chi connectivity index (χ4v) is 2.19. The smallest absolute Gasteiger partial charge is 0.430 e. The monoisotopic (exact) mass is 257 g/mol. The van der Waals surface area contributed by atoms with E-state index in [0.29, 0.717) is 0 Å². The highest BCUT2D eigenvalue weighted by Crippen LogP contribution is 2.13. The Labute approximate surface area is 111 Å². The van der Waals surface area contributed by atoms with Gasteiger partial charge in [-0.2, -0.15) is 0 Å². The van der Waals surface area contributed by atoms with Crippen molar-refractivity contribution in [2.75, 3.05) is 13.1 Å². The van der Waals surface area contributed by atoms with E-state index in [4.69, 9.17) is 9.57 Å². The molecule has 0 aromatic carbocycles. The Balaban J connectivity index is 2.13. The van der Waals surface area contributed by atoms with Crippen LogP contribution in [0.15, 0.2) is 0 Å². The van der Waals surface area contributed by atoms with Crippen LogP contribution in [-0.2, 0) is 9.57 Å². The van der Waals surface area contributed by atoms with Crippen molar-refractivity contribution in [2.24, 2.45) is 0 Å². The molecule has 1 aliphatic heterocycles. The molecule has 18 heavy (non-hydrogen) atoms. The molecule has 0 bridgehead atoms. The van der Waals surface area contributed by atoms with Gasteiger partial charge in [0, 0.05) is 13.1 Å². The minimum Gasteiger partial charge on any atom is -0.430 e. The van der Waals surface area contributed by atoms with E-state index in [1.165, 1.54) is 19.3 Å². The molecular formula is C14H27NO3. The first-order valence-corrected chi connectivity index (χ1v) is 7.39. The van der Waals surface area contributed by atoms with Gasteiger partial charge < -0.3 is 9.57 Å². The van der Waals surface area contributed by atoms with Crippen molar-refractivity contribution < 1.29 is 14.4 Å². The number of hydrogen-bond acceptors (Lipinski definition) is 4. The molecule has 1 unspecified atom stereocenters. The number of carbonyl (C=O) groups excluding carboxylic acids is 1. The van der Waals surface area contributed by atoms with Gasteiger partial charge in [-0.25, -0.2) is 4.79 Å². The molecule has 4 nitrogen and oxygen atoms in total. The Kier molecular flexibility index (Phi) is 7.81. The molecule has 106 valence electrons. The lowest BCUT2D eigenvalue weighted by Crippen LogP contribution is -2.27. The van der Waals surface area contributed by atoms with Gasteiger partial charge in [0.05, 0.1) is 0 Å². The highest BCUT2D eigenvalue weighted by molar-refractivity contribution is 5.59. The van der Waals surface area contributed by atoms with E-state index in [9.17, 15) is 4.79 Å². The lowest BCUT2D eigenvalue weighted by Gasteiger charge is -2.18. The fourth-order valence-electron chi connectivity index (χ4n) is 2.19. The second-order valence-electron chi connectivity index (χ2n) is 4.97. The molecule has 1 aliphatic rings. The second-order valence-corrected chi connectivity index (χ2v) is 4.97. The normalized spacial score (nSPS) is 17.7. The van der Waals surface area contributed by atoms with Crippen molar-refractivity contribution in [1.82, 2.24) is 5.06 Å². The van der Waals surface area contributed by atoms with Crippen molar-refractivity contribution in [3.8, 4) is 0 Å². The number of unbranched alkanes of at least 4 members (excludes halogenated alkanes) is 3. The molecule has 1 atom stereocenters. The van der Waals surface area contributed by atoms with Crippen LogP contribution in [0.3, 0.4) is 0 Å². The number of nitrogens with zero attached hydrogens (tertiary/aromatic N) is 1. The van der Waals surface area contributed by atoms with Crippen molar-refractivity contribution in [3.63, 3.8) is 0 Å². The summed E-state index contributed by atoms with van der Waals surface area (Å²) in [5.74, 6) is 0. The van der Waals surface area contributed by atoms with E-state index >= 15 is 0 Å². The summed E-state index contributed by atoms with van der Waals surface area (Å²) in [6, 6.07) is 0. The van der Waals surface area contributed by atoms with E-state index < -0.39 is 6.16 Å². The first kappa shape index (κ1) is 15.3. The minimum atomic E-state index is -0.528. The van der Waals surface area contributed by atoms with E-state index in [2.05, 4.69) is 6.92 Å². The second kappa shape index (κ2) is 9.20. The van der Waals surface area contributed by atoms with Crippen LogP contribution in [0.5, 0.6) is 0 Å². The number of hydroxylamine groups is 2. The van der Waals surface area contributed by atoms with Gasteiger partial charge in [-0.3, -0.25) is 0 Å². The van der Waals surface area contributed by atoms with Crippen LogP contribution >= 0.6 is 0 Å². The lowest BCUT2D eigenvalue weighted by molar-refractivity contribution is -0.121. The summed E-state index contributed by atoms with van der Waals surface area (Å²) >= 11 is 0. The van der Waals surface area contributed by atoms with Crippen LogP contribution in [0.1, 0.15) is 65.2 Å². The van der Waals surface area contributed by atoms with Crippen LogP contribution in [-0.4, -0.2) is 30.4 Å². The van der Waals surface area contributed by atoms with Crippen LogP contribution in [0, 0.1) is 0 Å². The molecule has 0 aromatic heterocycles. The van der Waals surface area contributed by atoms with Gasteiger partial charge in [0.2, 0.25) is 0 Å². The zero-order valence-electron chi connectivity index (χ0n) is 11.8. The molecule has 0 spiro atoms. The highest BCUT2D eigenvalue weighted by atomic mass is 16.8. The molecular weight excluding hydrogens is 230 g/mol. The Hall–Kier alpha value is -0.770. The van der Waals surface area contributed by atoms with Crippen LogP contribution < -0.4 is 0 Å². The molecule has 1 fully saturated rings. The third kappa shape index (κ3) is 6.24. The molecule has 0 aromatic rings. The van der Waals surface area contributed by atoms with Crippen LogP contribution in [0.2, 0.25) is 0 Å². The quantitative estimate of drug-likeness (QED) is 0.488. The zero-order valence-corrected chi connectivity index (χ0v) is 11.8. The predicted octanol–water partition coefficient (Wildman–Crippen LogP) is 3.90. The summed E-state index contributed by atoms with van der Waals surface area (Å²) in [4.78, 5) is 16.7. The maximum Gasteiger partial charge on any atom is 0.528 e. The van der Waals surface area contributed by atoms with Gasteiger partial charge in [0.25, 0.3) is 0 Å². The zero-order chi connectivity index (χ0) is 13.2. The third-order valence-corrected chi connectivity index (χ3v) is 3.37. The SMILES string of the molecule is CCCCCCC(CC)OC(=O)ON1CCCC1. The van der Waals surface area contributed by atoms with Gasteiger partial charge >= 0.3 is 6.16 Å². The topological polar surface area (TPSA) is 38.8 Å². The van der Waals surface area contributed by atoms with Crippen molar-refractivity contribution >= 4 is 6.16 Å². The summed E-state index contributed by atoms with van der Waals surface area (Å²) in [5, 5.41) is 1.70. The molecule has 4 heteroatoms. The van der Waals surface area contributed by atoms with Crippen molar-refractivity contribution in [3.05, 3.63) is 0 Å². The van der Waals surface area contributed by atoms with Gasteiger partial charge in [-0.05, 0) is 32.1 Å². The predicted molar refractivity (Wildman–Crippen MR) is 71.2 cm³/mol. The van der Waals surface area contributed by atoms with Crippen molar-refractivity contribution in [1.29, 1.82) is 0 Å². The van der Waals surface area contributed by atoms with Crippen molar-refractivity contribution in [2.45, 2.75) is 71.3 Å². The van der Waals surface area contributed by atoms with Crippen LogP contribution in [0.25, 0.3) is 0 Å². The molecule has 0 saturated carbocycles. The number of rotatable bonds is 8. The molecule has 0 amide bonds. The third-order valence-electron chi connectivity index (χ3n) is 3.37. The lowest BCUT2D eigenvalue weighted by atomic mass is 10.1. The standard InChI is InChI=1S/C14H27NO3/c1-3-5-6-7-10-13(4-2)17-14(16)18-15-11-8-9-12-15/h13H,3-12H2,1-2H3. The van der Waals surface area contributed by atoms with Gasteiger partial charge in [0.15, 0.2) is 0 Å². The summed E-state index contributed by atoms with van der Waals surface area (Å²) in [5.41, 5.74) is 0. The van der Waals surface area contributed by atoms with Crippen LogP contribution in [0.4, 0.5) is 4.79 Å². The van der Waals surface area contributed by atoms with Gasteiger partial charge in [-0.1, -0.05) is 33.1 Å². The molecule has 0 radical (unpaired) electrons. The Morgan fingerprint density at radius 3 is 2.50 bits per heavy atom. The average molecular weight is 257 g/mol. The molecule has 0 aliphatic carbocycles. The maximum atomic E-state index is 11.6. The molecule has 1 heterocycles. The Morgan fingerprint density at radius 2 is 1.89 bits per heavy atom. The van der Waals surface area contributed by atoms with Gasteiger partial charge in [-0.15, -0.1) is 5.06 Å². The maximum absolute atomic E-state index is 11.6. The largest absolute Gasteiger partial charge is 0.528 e. The number of carbonyl (C=O) groups is 1. The van der Waals surface area contributed by atoms with Gasteiger partial charge in [0.1, 0.15) is 6.10 Å². The summed E-state index contributed by atoms with van der Waals surface area (Å²) in [6.45, 7) is 5.92. The molecule has 1 saturated heterocycles. The fraction of sp³-hybridized carbons (Fsp3) is 0.929. The first-order valence-electron chi connectivity index (χ1n) is 7.39. The molecule has 0 N–H and O–H groups in total. The van der Waals surface area contributed by atoms with E-state index in [-0.39, 0.29) is 6.10 Å². The van der Waals surface area contributed by atoms with E-state index in [1.807, 2.05) is 6.92 Å². The summed E-state index contributed by atoms with van der Waals surface area (Å²) < 4.78 is 5.34. The minimum absolute atomic E-state index is 0.0111. The Morgan fingerprint density at radius 1 is 1.17 bits per heavy atom. The first-order chi connectivity index (χ1) is 8.76.